The molecule has 2 aromatic rings. The lowest BCUT2D eigenvalue weighted by molar-refractivity contribution is 0.0680. The molecule has 0 saturated carbocycles. The first-order valence-corrected chi connectivity index (χ1v) is 9.43. The molecule has 1 atom stereocenters. The highest BCUT2D eigenvalue weighted by atomic mass is 16.6. The number of aliphatic hydroxyl groups excluding tert-OH is 1. The lowest BCUT2D eigenvalue weighted by Crippen LogP contribution is -2.37. The van der Waals surface area contributed by atoms with Crippen molar-refractivity contribution in [1.29, 1.82) is 0 Å². The maximum atomic E-state index is 12.9. The van der Waals surface area contributed by atoms with Gasteiger partial charge in [0.25, 0.3) is 5.91 Å². The number of fused-ring (bicyclic) bond motifs is 1. The van der Waals surface area contributed by atoms with Gasteiger partial charge in [0.15, 0.2) is 0 Å². The molecule has 1 saturated heterocycles. The van der Waals surface area contributed by atoms with E-state index in [1.165, 1.54) is 30.2 Å². The van der Waals surface area contributed by atoms with Gasteiger partial charge in [0.05, 0.1) is 24.9 Å². The third-order valence-corrected chi connectivity index (χ3v) is 5.55. The summed E-state index contributed by atoms with van der Waals surface area (Å²) in [4.78, 5) is 19.4. The Balaban J connectivity index is 1.57. The lowest BCUT2D eigenvalue weighted by Gasteiger charge is -2.22. The van der Waals surface area contributed by atoms with Gasteiger partial charge in [0, 0.05) is 12.0 Å². The highest BCUT2D eigenvalue weighted by Gasteiger charge is 2.33. The van der Waals surface area contributed by atoms with Gasteiger partial charge in [0.2, 0.25) is 0 Å². The molecule has 1 amide bonds. The average molecular weight is 364 g/mol. The zero-order valence-corrected chi connectivity index (χ0v) is 15.5. The van der Waals surface area contributed by atoms with Crippen molar-refractivity contribution in [2.45, 2.75) is 31.7 Å². The molecular weight excluding hydrogens is 340 g/mol. The van der Waals surface area contributed by atoms with Crippen molar-refractivity contribution in [3.8, 4) is 11.1 Å². The molecule has 4 rings (SSSR count). The molecule has 0 unspecified atom stereocenters. The molecule has 0 bridgehead atoms. The van der Waals surface area contributed by atoms with Crippen molar-refractivity contribution in [3.63, 3.8) is 0 Å². The normalized spacial score (nSPS) is 20.1. The summed E-state index contributed by atoms with van der Waals surface area (Å²) in [6, 6.07) is 14.1. The number of amides is 1. The molecule has 140 valence electrons. The Morgan fingerprint density at radius 1 is 1.22 bits per heavy atom. The standard InChI is InChI=1S/C22H24N2O3/c1-27-23-18-12-19(14-25)24(13-18)22(26)17-10-8-16(9-11-17)21-7-3-5-15-4-2-6-20(15)21/h3,5,7-11,19,25H,2,4,6,12-14H2,1H3/b23-18+/t19-/m0/s1. The second kappa shape index (κ2) is 7.53. The predicted octanol–water partition coefficient (Wildman–Crippen LogP) is 3.05. The van der Waals surface area contributed by atoms with Crippen LogP contribution in [-0.4, -0.2) is 47.9 Å². The monoisotopic (exact) mass is 364 g/mol. The van der Waals surface area contributed by atoms with Gasteiger partial charge in [-0.05, 0) is 53.6 Å². The Bertz CT molecular complexity index is 874. The van der Waals surface area contributed by atoms with E-state index in [1.807, 2.05) is 24.3 Å². The van der Waals surface area contributed by atoms with Crippen LogP contribution in [0.1, 0.15) is 34.3 Å². The van der Waals surface area contributed by atoms with Crippen LogP contribution in [0.2, 0.25) is 0 Å². The molecule has 0 aromatic heterocycles. The molecule has 1 N–H and O–H groups in total. The average Bonchev–Trinajstić information content (AvgIpc) is 3.34. The molecule has 2 aromatic carbocycles. The number of oxime groups is 1. The zero-order chi connectivity index (χ0) is 18.8. The largest absolute Gasteiger partial charge is 0.399 e. The van der Waals surface area contributed by atoms with Crippen LogP contribution in [0.4, 0.5) is 0 Å². The van der Waals surface area contributed by atoms with Gasteiger partial charge in [0.1, 0.15) is 7.11 Å². The molecule has 5 heteroatoms. The number of hydrogen-bond acceptors (Lipinski definition) is 4. The van der Waals surface area contributed by atoms with E-state index in [0.29, 0.717) is 18.5 Å². The minimum Gasteiger partial charge on any atom is -0.399 e. The van der Waals surface area contributed by atoms with Crippen molar-refractivity contribution in [1.82, 2.24) is 4.90 Å². The van der Waals surface area contributed by atoms with Crippen LogP contribution in [-0.2, 0) is 17.7 Å². The molecule has 1 heterocycles. The molecular formula is C22H24N2O3. The quantitative estimate of drug-likeness (QED) is 0.848. The van der Waals surface area contributed by atoms with E-state index in [2.05, 4.69) is 23.4 Å². The summed E-state index contributed by atoms with van der Waals surface area (Å²) >= 11 is 0. The fourth-order valence-electron chi connectivity index (χ4n) is 4.22. The maximum absolute atomic E-state index is 12.9. The molecule has 2 aliphatic rings. The minimum absolute atomic E-state index is 0.0806. The van der Waals surface area contributed by atoms with E-state index < -0.39 is 0 Å². The highest BCUT2D eigenvalue weighted by Crippen LogP contribution is 2.32. The van der Waals surface area contributed by atoms with Crippen LogP contribution in [0.5, 0.6) is 0 Å². The first-order valence-electron chi connectivity index (χ1n) is 9.43. The van der Waals surface area contributed by atoms with Crippen molar-refractivity contribution >= 4 is 11.6 Å². The number of carbonyl (C=O) groups is 1. The Morgan fingerprint density at radius 3 is 2.78 bits per heavy atom. The Hall–Kier alpha value is -2.66. The second-order valence-electron chi connectivity index (χ2n) is 7.19. The van der Waals surface area contributed by atoms with Crippen LogP contribution >= 0.6 is 0 Å². The van der Waals surface area contributed by atoms with Gasteiger partial charge in [-0.1, -0.05) is 35.5 Å². The maximum Gasteiger partial charge on any atom is 0.254 e. The smallest absolute Gasteiger partial charge is 0.254 e. The Kier molecular flexibility index (Phi) is 4.94. The fourth-order valence-corrected chi connectivity index (χ4v) is 4.22. The Morgan fingerprint density at radius 2 is 2.04 bits per heavy atom. The third-order valence-electron chi connectivity index (χ3n) is 5.55. The van der Waals surface area contributed by atoms with Crippen molar-refractivity contribution in [2.75, 3.05) is 20.3 Å². The van der Waals surface area contributed by atoms with Crippen LogP contribution in [0.3, 0.4) is 0 Å². The first kappa shape index (κ1) is 17.7. The molecule has 5 nitrogen and oxygen atoms in total. The van der Waals surface area contributed by atoms with E-state index >= 15 is 0 Å². The van der Waals surface area contributed by atoms with Crippen LogP contribution < -0.4 is 0 Å². The molecule has 0 spiro atoms. The number of hydrogen-bond donors (Lipinski definition) is 1. The first-order chi connectivity index (χ1) is 13.2. The molecule has 1 aliphatic carbocycles. The van der Waals surface area contributed by atoms with Gasteiger partial charge in [-0.3, -0.25) is 4.79 Å². The fraction of sp³-hybridized carbons (Fsp3) is 0.364. The molecule has 0 radical (unpaired) electrons. The topological polar surface area (TPSA) is 62.1 Å². The zero-order valence-electron chi connectivity index (χ0n) is 15.5. The summed E-state index contributed by atoms with van der Waals surface area (Å²) in [6.45, 7) is 0.314. The summed E-state index contributed by atoms with van der Waals surface area (Å²) in [6.07, 6.45) is 4.04. The summed E-state index contributed by atoms with van der Waals surface area (Å²) in [5.41, 5.74) is 6.71. The number of rotatable bonds is 4. The SMILES string of the molecule is CO/N=C1\C[C@@H](CO)N(C(=O)c2ccc(-c3cccc4c3CCC4)cc2)C1. The van der Waals surface area contributed by atoms with Crippen LogP contribution in [0.15, 0.2) is 47.6 Å². The van der Waals surface area contributed by atoms with Crippen molar-refractivity contribution in [3.05, 3.63) is 59.2 Å². The third kappa shape index (κ3) is 3.35. The molecule has 27 heavy (non-hydrogen) atoms. The summed E-state index contributed by atoms with van der Waals surface area (Å²) in [7, 11) is 1.49. The number of carbonyl (C=O) groups excluding carboxylic acids is 1. The Labute approximate surface area is 159 Å². The number of benzene rings is 2. The highest BCUT2D eigenvalue weighted by molar-refractivity contribution is 6.00. The second-order valence-corrected chi connectivity index (χ2v) is 7.19. The molecule has 1 fully saturated rings. The number of likely N-dealkylation sites (tertiary alicyclic amines) is 1. The van der Waals surface area contributed by atoms with E-state index in [-0.39, 0.29) is 18.6 Å². The van der Waals surface area contributed by atoms with Gasteiger partial charge in [-0.25, -0.2) is 0 Å². The van der Waals surface area contributed by atoms with Crippen LogP contribution in [0.25, 0.3) is 11.1 Å². The van der Waals surface area contributed by atoms with E-state index in [9.17, 15) is 9.90 Å². The van der Waals surface area contributed by atoms with Gasteiger partial charge in [-0.15, -0.1) is 0 Å². The van der Waals surface area contributed by atoms with Gasteiger partial charge >= 0.3 is 0 Å². The van der Waals surface area contributed by atoms with Gasteiger partial charge in [-0.2, -0.15) is 0 Å². The van der Waals surface area contributed by atoms with E-state index in [0.717, 1.165) is 24.1 Å². The number of aryl methyl sites for hydroxylation is 1. The van der Waals surface area contributed by atoms with Crippen molar-refractivity contribution < 1.29 is 14.7 Å². The predicted molar refractivity (Wildman–Crippen MR) is 105 cm³/mol. The van der Waals surface area contributed by atoms with E-state index in [4.69, 9.17) is 4.84 Å². The van der Waals surface area contributed by atoms with Crippen LogP contribution in [0, 0.1) is 0 Å². The summed E-state index contributed by atoms with van der Waals surface area (Å²) in [5.74, 6) is -0.0832. The van der Waals surface area contributed by atoms with Gasteiger partial charge < -0.3 is 14.8 Å². The summed E-state index contributed by atoms with van der Waals surface area (Å²) in [5, 5.41) is 13.6. The van der Waals surface area contributed by atoms with Crippen molar-refractivity contribution in [2.24, 2.45) is 5.16 Å². The van der Waals surface area contributed by atoms with E-state index in [1.54, 1.807) is 4.90 Å². The minimum atomic E-state index is -0.247. The lowest BCUT2D eigenvalue weighted by atomic mass is 9.96. The molecule has 1 aliphatic heterocycles. The summed E-state index contributed by atoms with van der Waals surface area (Å²) < 4.78 is 0. The number of aliphatic hydroxyl groups is 1. The number of nitrogens with zero attached hydrogens (tertiary/aromatic N) is 2.